The van der Waals surface area contributed by atoms with Crippen LogP contribution in [-0.4, -0.2) is 17.9 Å². The van der Waals surface area contributed by atoms with E-state index in [0.717, 1.165) is 6.42 Å². The van der Waals surface area contributed by atoms with E-state index in [9.17, 15) is 4.79 Å². The van der Waals surface area contributed by atoms with Crippen molar-refractivity contribution in [3.63, 3.8) is 0 Å². The van der Waals surface area contributed by atoms with Crippen LogP contribution in [-0.2, 0) is 16.8 Å². The van der Waals surface area contributed by atoms with Crippen LogP contribution in [0.4, 0.5) is 0 Å². The van der Waals surface area contributed by atoms with Gasteiger partial charge in [0.2, 0.25) is 5.91 Å². The Morgan fingerprint density at radius 3 is 2.18 bits per heavy atom. The van der Waals surface area contributed by atoms with Crippen LogP contribution in [0, 0.1) is 0 Å². The molecule has 1 aliphatic rings. The first kappa shape index (κ1) is 14.8. The first-order chi connectivity index (χ1) is 10.7. The van der Waals surface area contributed by atoms with Crippen LogP contribution in [0.5, 0.6) is 0 Å². The van der Waals surface area contributed by atoms with Crippen LogP contribution in [0.1, 0.15) is 36.8 Å². The van der Waals surface area contributed by atoms with Crippen molar-refractivity contribution in [1.82, 2.24) is 4.90 Å². The zero-order chi connectivity index (χ0) is 15.4. The maximum atomic E-state index is 12.4. The van der Waals surface area contributed by atoms with Gasteiger partial charge in [-0.2, -0.15) is 0 Å². The van der Waals surface area contributed by atoms with Gasteiger partial charge in [-0.15, -0.1) is 0 Å². The minimum Gasteiger partial charge on any atom is -0.341 e. The van der Waals surface area contributed by atoms with Gasteiger partial charge in [-0.3, -0.25) is 4.79 Å². The molecule has 2 heteroatoms. The van der Waals surface area contributed by atoms with E-state index in [-0.39, 0.29) is 11.3 Å². The van der Waals surface area contributed by atoms with Crippen molar-refractivity contribution in [1.29, 1.82) is 0 Å². The number of nitrogens with zero attached hydrogens (tertiary/aromatic N) is 1. The van der Waals surface area contributed by atoms with Crippen LogP contribution < -0.4 is 0 Å². The van der Waals surface area contributed by atoms with Crippen molar-refractivity contribution in [3.8, 4) is 0 Å². The highest BCUT2D eigenvalue weighted by Crippen LogP contribution is 2.51. The van der Waals surface area contributed by atoms with Gasteiger partial charge in [0.25, 0.3) is 0 Å². The van der Waals surface area contributed by atoms with Gasteiger partial charge < -0.3 is 4.90 Å². The molecule has 0 unspecified atom stereocenters. The fourth-order valence-corrected chi connectivity index (χ4v) is 3.11. The Bertz CT molecular complexity index is 617. The van der Waals surface area contributed by atoms with E-state index in [0.29, 0.717) is 13.0 Å². The lowest BCUT2D eigenvalue weighted by molar-refractivity contribution is -0.130. The van der Waals surface area contributed by atoms with Gasteiger partial charge in [0.1, 0.15) is 0 Å². The van der Waals surface area contributed by atoms with Gasteiger partial charge in [-0.25, -0.2) is 0 Å². The highest BCUT2D eigenvalue weighted by molar-refractivity contribution is 5.76. The second kappa shape index (κ2) is 6.35. The molecule has 0 aromatic heterocycles. The molecule has 0 atom stereocenters. The van der Waals surface area contributed by atoms with Gasteiger partial charge in [-0.1, -0.05) is 60.7 Å². The molecule has 1 saturated carbocycles. The average Bonchev–Trinajstić information content (AvgIpc) is 3.35. The third-order valence-electron chi connectivity index (χ3n) is 4.75. The summed E-state index contributed by atoms with van der Waals surface area (Å²) in [5, 5.41) is 0. The molecule has 3 rings (SSSR count). The molecule has 2 nitrogen and oxygen atoms in total. The Hall–Kier alpha value is -2.09. The Balaban J connectivity index is 1.54. The molecule has 1 fully saturated rings. The molecule has 1 amide bonds. The molecule has 0 radical (unpaired) electrons. The van der Waals surface area contributed by atoms with Crippen molar-refractivity contribution >= 4 is 5.91 Å². The van der Waals surface area contributed by atoms with E-state index in [1.54, 1.807) is 0 Å². The molecule has 2 aromatic carbocycles. The summed E-state index contributed by atoms with van der Waals surface area (Å²) in [6.07, 6.45) is 4.03. The minimum atomic E-state index is 0.242. The molecule has 0 saturated heterocycles. The fourth-order valence-electron chi connectivity index (χ4n) is 3.11. The lowest BCUT2D eigenvalue weighted by Gasteiger charge is -2.20. The van der Waals surface area contributed by atoms with Gasteiger partial charge in [-0.05, 0) is 35.8 Å². The zero-order valence-electron chi connectivity index (χ0n) is 13.2. The summed E-state index contributed by atoms with van der Waals surface area (Å²) in [6.45, 7) is 0.692. The smallest absolute Gasteiger partial charge is 0.222 e. The third-order valence-corrected chi connectivity index (χ3v) is 4.75. The number of hydrogen-bond donors (Lipinski definition) is 0. The largest absolute Gasteiger partial charge is 0.341 e. The standard InChI is InChI=1S/C20H23NO/c1-21(16-17-8-4-2-5-9-17)19(22)12-13-20(14-15-20)18-10-6-3-7-11-18/h2-11H,12-16H2,1H3. The minimum absolute atomic E-state index is 0.242. The number of carbonyl (C=O) groups is 1. The van der Waals surface area contributed by atoms with Crippen LogP contribution in [0.2, 0.25) is 0 Å². The molecular formula is C20H23NO. The molecule has 1 aliphatic carbocycles. The number of carbonyl (C=O) groups excluding carboxylic acids is 1. The van der Waals surface area contributed by atoms with E-state index < -0.39 is 0 Å². The summed E-state index contributed by atoms with van der Waals surface area (Å²) >= 11 is 0. The highest BCUT2D eigenvalue weighted by Gasteiger charge is 2.43. The predicted molar refractivity (Wildman–Crippen MR) is 89.5 cm³/mol. The van der Waals surface area contributed by atoms with Crippen LogP contribution in [0.25, 0.3) is 0 Å². The topological polar surface area (TPSA) is 20.3 Å². The van der Waals surface area contributed by atoms with E-state index in [1.807, 2.05) is 30.1 Å². The van der Waals surface area contributed by atoms with Crippen molar-refractivity contribution in [2.75, 3.05) is 7.05 Å². The lowest BCUT2D eigenvalue weighted by atomic mass is 9.91. The quantitative estimate of drug-likeness (QED) is 0.783. The molecule has 114 valence electrons. The van der Waals surface area contributed by atoms with Gasteiger partial charge in [0.05, 0.1) is 0 Å². The number of rotatable bonds is 6. The zero-order valence-corrected chi connectivity index (χ0v) is 13.2. The monoisotopic (exact) mass is 293 g/mol. The molecular weight excluding hydrogens is 270 g/mol. The Labute approximate surface area is 132 Å². The van der Waals surface area contributed by atoms with E-state index in [4.69, 9.17) is 0 Å². The predicted octanol–water partition coefficient (Wildman–Crippen LogP) is 4.16. The van der Waals surface area contributed by atoms with E-state index >= 15 is 0 Å². The second-order valence-electron chi connectivity index (χ2n) is 6.38. The molecule has 0 aliphatic heterocycles. The number of amides is 1. The maximum absolute atomic E-state index is 12.4. The van der Waals surface area contributed by atoms with E-state index in [1.165, 1.54) is 24.0 Å². The summed E-state index contributed by atoms with van der Waals surface area (Å²) in [4.78, 5) is 14.2. The summed E-state index contributed by atoms with van der Waals surface area (Å²) in [5.41, 5.74) is 2.85. The maximum Gasteiger partial charge on any atom is 0.222 e. The van der Waals surface area contributed by atoms with Crippen LogP contribution >= 0.6 is 0 Å². The normalized spacial score (nSPS) is 15.3. The molecule has 0 heterocycles. The summed E-state index contributed by atoms with van der Waals surface area (Å²) in [7, 11) is 1.90. The van der Waals surface area contributed by atoms with Gasteiger partial charge in [0.15, 0.2) is 0 Å². The summed E-state index contributed by atoms with van der Waals surface area (Å²) in [5.74, 6) is 0.242. The molecule has 0 bridgehead atoms. The fraction of sp³-hybridized carbons (Fsp3) is 0.350. The Morgan fingerprint density at radius 1 is 1.00 bits per heavy atom. The van der Waals surface area contributed by atoms with Crippen molar-refractivity contribution in [2.45, 2.75) is 37.6 Å². The van der Waals surface area contributed by atoms with Crippen molar-refractivity contribution in [2.24, 2.45) is 0 Å². The first-order valence-electron chi connectivity index (χ1n) is 8.03. The molecule has 0 N–H and O–H groups in total. The van der Waals surface area contributed by atoms with E-state index in [2.05, 4.69) is 42.5 Å². The van der Waals surface area contributed by atoms with Gasteiger partial charge in [0, 0.05) is 20.0 Å². The second-order valence-corrected chi connectivity index (χ2v) is 6.38. The van der Waals surface area contributed by atoms with Crippen molar-refractivity contribution < 1.29 is 4.79 Å². The summed E-state index contributed by atoms with van der Waals surface area (Å²) in [6, 6.07) is 20.8. The number of benzene rings is 2. The number of hydrogen-bond acceptors (Lipinski definition) is 1. The van der Waals surface area contributed by atoms with Crippen LogP contribution in [0.3, 0.4) is 0 Å². The average molecular weight is 293 g/mol. The van der Waals surface area contributed by atoms with Gasteiger partial charge >= 0.3 is 0 Å². The first-order valence-corrected chi connectivity index (χ1v) is 8.03. The molecule has 22 heavy (non-hydrogen) atoms. The third kappa shape index (κ3) is 3.38. The molecule has 0 spiro atoms. The Morgan fingerprint density at radius 2 is 1.59 bits per heavy atom. The highest BCUT2D eigenvalue weighted by atomic mass is 16.2. The Kier molecular flexibility index (Phi) is 4.28. The lowest BCUT2D eigenvalue weighted by Crippen LogP contribution is -2.27. The SMILES string of the molecule is CN(Cc1ccccc1)C(=O)CCC1(c2ccccc2)CC1. The van der Waals surface area contributed by atoms with Crippen LogP contribution in [0.15, 0.2) is 60.7 Å². The molecule has 2 aromatic rings. The summed E-state index contributed by atoms with van der Waals surface area (Å²) < 4.78 is 0. The van der Waals surface area contributed by atoms with Crippen molar-refractivity contribution in [3.05, 3.63) is 71.8 Å².